The minimum atomic E-state index is -0.465. The predicted molar refractivity (Wildman–Crippen MR) is 269 cm³/mol. The van der Waals surface area contributed by atoms with Crippen LogP contribution < -0.4 is 5.32 Å². The van der Waals surface area contributed by atoms with Crippen LogP contribution >= 0.6 is 0 Å². The van der Waals surface area contributed by atoms with Crippen LogP contribution in [0.25, 0.3) is 98.5 Å². The van der Waals surface area contributed by atoms with E-state index in [-0.39, 0.29) is 0 Å². The molecule has 0 aliphatic carbocycles. The number of para-hydroxylation sites is 4. The number of amidine groups is 2. The minimum Gasteiger partial charge on any atom is -0.456 e. The van der Waals surface area contributed by atoms with Gasteiger partial charge in [0.2, 0.25) is 0 Å². The molecule has 0 bridgehead atoms. The lowest BCUT2D eigenvalue weighted by molar-refractivity contribution is 0.668. The van der Waals surface area contributed by atoms with Crippen LogP contribution in [0.2, 0.25) is 0 Å². The molecule has 0 spiro atoms. The molecule has 0 saturated heterocycles. The summed E-state index contributed by atoms with van der Waals surface area (Å²) >= 11 is 0. The van der Waals surface area contributed by atoms with E-state index in [2.05, 4.69) is 215 Å². The second-order valence-corrected chi connectivity index (χ2v) is 16.9. The number of rotatable bonds is 5. The van der Waals surface area contributed by atoms with Crippen LogP contribution in [0.1, 0.15) is 22.9 Å². The highest BCUT2D eigenvalue weighted by molar-refractivity contribution is 6.25. The fourth-order valence-electron chi connectivity index (χ4n) is 10.5. The van der Waals surface area contributed by atoms with Crippen LogP contribution in [0.5, 0.6) is 0 Å². The molecule has 1 N–H and O–H groups in total. The van der Waals surface area contributed by atoms with Crippen molar-refractivity contribution in [2.75, 3.05) is 0 Å². The van der Waals surface area contributed by atoms with Gasteiger partial charge in [0.05, 0.1) is 27.8 Å². The third kappa shape index (κ3) is 5.41. The number of furan rings is 1. The molecule has 0 saturated carbocycles. The Kier molecular flexibility index (Phi) is 7.65. The Hall–Kier alpha value is -8.74. The van der Waals surface area contributed by atoms with Gasteiger partial charge < -0.3 is 18.9 Å². The molecule has 0 amide bonds. The average molecular weight is 832 g/mol. The van der Waals surface area contributed by atoms with E-state index in [1.165, 1.54) is 21.5 Å². The van der Waals surface area contributed by atoms with E-state index in [9.17, 15) is 0 Å². The van der Waals surface area contributed by atoms with E-state index in [0.29, 0.717) is 5.84 Å². The maximum Gasteiger partial charge on any atom is 0.160 e. The molecule has 6 heteroatoms. The third-order valence-corrected chi connectivity index (χ3v) is 13.3. The number of aliphatic imine (C=N–C) groups is 2. The first-order chi connectivity index (χ1) is 32.2. The molecule has 0 fully saturated rings. The van der Waals surface area contributed by atoms with Crippen molar-refractivity contribution in [3.63, 3.8) is 0 Å². The first-order valence-electron chi connectivity index (χ1n) is 22.1. The lowest BCUT2D eigenvalue weighted by atomic mass is 10.00. The van der Waals surface area contributed by atoms with Crippen LogP contribution in [0.3, 0.4) is 0 Å². The molecule has 4 heterocycles. The smallest absolute Gasteiger partial charge is 0.160 e. The van der Waals surface area contributed by atoms with Gasteiger partial charge in [-0.05, 0) is 76.1 Å². The van der Waals surface area contributed by atoms with Crippen LogP contribution in [0.4, 0.5) is 0 Å². The second-order valence-electron chi connectivity index (χ2n) is 16.9. The highest BCUT2D eigenvalue weighted by Crippen LogP contribution is 2.41. The Morgan fingerprint density at radius 1 is 0.415 bits per heavy atom. The van der Waals surface area contributed by atoms with Gasteiger partial charge in [-0.2, -0.15) is 0 Å². The Labute approximate surface area is 372 Å². The summed E-state index contributed by atoms with van der Waals surface area (Å²) < 4.78 is 11.4. The van der Waals surface area contributed by atoms with Gasteiger partial charge in [0, 0.05) is 60.8 Å². The molecule has 1 atom stereocenters. The minimum absolute atomic E-state index is 0.465. The molecular formula is C59H37N5O. The van der Waals surface area contributed by atoms with E-state index in [1.807, 2.05) is 12.1 Å². The Morgan fingerprint density at radius 2 is 1.06 bits per heavy atom. The van der Waals surface area contributed by atoms with Gasteiger partial charge in [-0.1, -0.05) is 152 Å². The quantitative estimate of drug-likeness (QED) is 0.188. The van der Waals surface area contributed by atoms with E-state index in [1.54, 1.807) is 0 Å². The molecule has 13 aromatic rings. The molecule has 10 aromatic carbocycles. The number of hydrogen-bond acceptors (Lipinski definition) is 4. The average Bonchev–Trinajstić information content (AvgIpc) is 4.02. The first kappa shape index (κ1) is 35.8. The largest absolute Gasteiger partial charge is 0.456 e. The number of hydrogen-bond donors (Lipinski definition) is 1. The predicted octanol–water partition coefficient (Wildman–Crippen LogP) is 14.6. The molecule has 65 heavy (non-hydrogen) atoms. The third-order valence-electron chi connectivity index (χ3n) is 13.3. The zero-order valence-electron chi connectivity index (χ0n) is 35.0. The van der Waals surface area contributed by atoms with Crippen molar-refractivity contribution >= 4 is 98.8 Å². The van der Waals surface area contributed by atoms with Crippen molar-refractivity contribution in [1.82, 2.24) is 14.5 Å². The molecule has 1 aliphatic heterocycles. The summed E-state index contributed by atoms with van der Waals surface area (Å²) in [6, 6.07) is 75.6. The van der Waals surface area contributed by atoms with Gasteiger partial charge in [-0.15, -0.1) is 0 Å². The highest BCUT2D eigenvalue weighted by Gasteiger charge is 2.28. The van der Waals surface area contributed by atoms with Crippen LogP contribution in [0.15, 0.2) is 227 Å². The van der Waals surface area contributed by atoms with Crippen molar-refractivity contribution in [3.05, 3.63) is 229 Å². The fraction of sp³-hybridized carbons (Fsp3) is 0.0169. The van der Waals surface area contributed by atoms with Crippen molar-refractivity contribution in [2.24, 2.45) is 9.98 Å². The topological polar surface area (TPSA) is 59.8 Å². The Balaban J connectivity index is 1.09. The lowest BCUT2D eigenvalue weighted by Crippen LogP contribution is -2.34. The van der Waals surface area contributed by atoms with E-state index >= 15 is 0 Å². The van der Waals surface area contributed by atoms with Crippen LogP contribution in [-0.4, -0.2) is 20.8 Å². The highest BCUT2D eigenvalue weighted by atomic mass is 16.3. The normalized spacial score (nSPS) is 14.3. The summed E-state index contributed by atoms with van der Waals surface area (Å²) in [4.78, 5) is 11.3. The van der Waals surface area contributed by atoms with Gasteiger partial charge in [-0.3, -0.25) is 0 Å². The first-order valence-corrected chi connectivity index (χ1v) is 22.1. The molecule has 3 aromatic heterocycles. The number of nitrogens with one attached hydrogen (secondary N) is 1. The van der Waals surface area contributed by atoms with Crippen molar-refractivity contribution in [2.45, 2.75) is 6.17 Å². The van der Waals surface area contributed by atoms with Gasteiger partial charge in [-0.25, -0.2) is 9.98 Å². The van der Waals surface area contributed by atoms with Crippen LogP contribution in [0, 0.1) is 0 Å². The SMILES string of the molecule is c1ccc(-n2c3ccccc3c3c(C4=NC(c5cccc6ccccc56)NC(c5cc6c(cc5-n5c7ccccc7c7cc8ccccc8cc75)oc5ccccc56)=N4)cccc32)cc1. The number of fused-ring (bicyclic) bond motifs is 11. The van der Waals surface area contributed by atoms with E-state index < -0.39 is 6.17 Å². The fourth-order valence-corrected chi connectivity index (χ4v) is 10.5. The zero-order valence-corrected chi connectivity index (χ0v) is 35.0. The summed E-state index contributed by atoms with van der Waals surface area (Å²) in [5, 5.41) is 15.3. The van der Waals surface area contributed by atoms with Gasteiger partial charge in [0.1, 0.15) is 23.2 Å². The molecule has 1 aliphatic rings. The molecule has 304 valence electrons. The summed E-state index contributed by atoms with van der Waals surface area (Å²) in [5.74, 6) is 1.39. The molecule has 14 rings (SSSR count). The second kappa shape index (κ2) is 13.9. The number of nitrogens with zero attached hydrogens (tertiary/aromatic N) is 4. The summed E-state index contributed by atoms with van der Waals surface area (Å²) in [5.41, 5.74) is 11.1. The van der Waals surface area contributed by atoms with Crippen molar-refractivity contribution in [3.8, 4) is 11.4 Å². The summed E-state index contributed by atoms with van der Waals surface area (Å²) in [6.07, 6.45) is -0.465. The lowest BCUT2D eigenvalue weighted by Gasteiger charge is -2.26. The Bertz CT molecular complexity index is 4160. The van der Waals surface area contributed by atoms with E-state index in [0.717, 1.165) is 99.5 Å². The maximum absolute atomic E-state index is 6.69. The van der Waals surface area contributed by atoms with Crippen LogP contribution in [-0.2, 0) is 0 Å². The summed E-state index contributed by atoms with van der Waals surface area (Å²) in [7, 11) is 0. The standard InChI is InChI=1S/C59H37N5O/c1-2-20-39(21-3-1)63-50-29-12-9-25-44(50)56-45(27-15-30-51(56)63)58-60-57(43-26-14-19-36-16-6-7-22-40(36)43)61-59(62-58)48-34-47-42-24-10-13-31-54(42)65-55(47)35-53(48)64-49-28-11-8-23-41(49)46-32-37-17-4-5-18-38(37)33-52(46)64/h1-35,57H,(H,60,61,62). The molecule has 1 unspecified atom stereocenters. The van der Waals surface area contributed by atoms with E-state index in [4.69, 9.17) is 14.4 Å². The van der Waals surface area contributed by atoms with Gasteiger partial charge in [0.15, 0.2) is 5.84 Å². The maximum atomic E-state index is 6.69. The van der Waals surface area contributed by atoms with Crippen molar-refractivity contribution < 1.29 is 4.42 Å². The monoisotopic (exact) mass is 831 g/mol. The Morgan fingerprint density at radius 3 is 1.91 bits per heavy atom. The number of benzene rings is 10. The number of aromatic nitrogens is 2. The van der Waals surface area contributed by atoms with Crippen molar-refractivity contribution in [1.29, 1.82) is 0 Å². The van der Waals surface area contributed by atoms with Gasteiger partial charge >= 0.3 is 0 Å². The summed E-state index contributed by atoms with van der Waals surface area (Å²) in [6.45, 7) is 0. The zero-order chi connectivity index (χ0) is 42.6. The molecule has 0 radical (unpaired) electrons. The molecular weight excluding hydrogens is 795 g/mol. The molecule has 6 nitrogen and oxygen atoms in total. The van der Waals surface area contributed by atoms with Gasteiger partial charge in [0.25, 0.3) is 0 Å².